The monoisotopic (exact) mass is 450 g/mol. The average molecular weight is 452 g/mol. The number of halogens is 2. The van der Waals surface area contributed by atoms with Gasteiger partial charge in [-0.05, 0) is 55.0 Å². The van der Waals surface area contributed by atoms with Crippen molar-refractivity contribution in [1.29, 1.82) is 0 Å². The molecule has 0 fully saturated rings. The zero-order valence-electron chi connectivity index (χ0n) is 15.1. The molecule has 0 bridgehead atoms. The molecule has 0 N–H and O–H groups in total. The molecule has 3 aromatic carbocycles. The van der Waals surface area contributed by atoms with Crippen LogP contribution in [0.2, 0.25) is 5.02 Å². The maximum Gasteiger partial charge on any atom is 0.282 e. The van der Waals surface area contributed by atoms with Crippen LogP contribution < -0.4 is 4.90 Å². The number of nitrogens with zero attached hydrogens (tertiary/aromatic N) is 2. The van der Waals surface area contributed by atoms with E-state index in [4.69, 9.17) is 11.6 Å². The molecule has 0 atom stereocenters. The first-order valence-corrected chi connectivity index (χ1v) is 9.91. The van der Waals surface area contributed by atoms with E-state index in [0.29, 0.717) is 16.6 Å². The van der Waals surface area contributed by atoms with Crippen molar-refractivity contribution in [1.82, 2.24) is 0 Å². The third kappa shape index (κ3) is 3.79. The Bertz CT molecular complexity index is 1080. The van der Waals surface area contributed by atoms with Crippen molar-refractivity contribution in [3.05, 3.63) is 105 Å². The van der Waals surface area contributed by atoms with Crippen LogP contribution in [0.3, 0.4) is 0 Å². The van der Waals surface area contributed by atoms with Crippen molar-refractivity contribution in [2.75, 3.05) is 4.90 Å². The number of carbonyl (C=O) groups is 1. The Kier molecular flexibility index (Phi) is 5.16. The zero-order chi connectivity index (χ0) is 19.7. The normalized spacial score (nSPS) is 15.2. The predicted octanol–water partition coefficient (Wildman–Crippen LogP) is 6.25. The number of rotatable bonds is 3. The molecule has 0 aliphatic carbocycles. The second-order valence-corrected chi connectivity index (χ2v) is 7.85. The fourth-order valence-corrected chi connectivity index (χ4v) is 3.35. The lowest BCUT2D eigenvalue weighted by molar-refractivity contribution is -0.113. The highest BCUT2D eigenvalue weighted by molar-refractivity contribution is 9.10. The molecule has 0 spiro atoms. The van der Waals surface area contributed by atoms with Gasteiger partial charge in [0.1, 0.15) is 11.5 Å². The zero-order valence-corrected chi connectivity index (χ0v) is 17.4. The Hall–Kier alpha value is -2.69. The molecule has 0 radical (unpaired) electrons. The van der Waals surface area contributed by atoms with Crippen molar-refractivity contribution in [3.63, 3.8) is 0 Å². The van der Waals surface area contributed by atoms with E-state index in [2.05, 4.69) is 20.9 Å². The number of hydrogen-bond acceptors (Lipinski definition) is 2. The lowest BCUT2D eigenvalue weighted by Gasteiger charge is -2.18. The molecule has 1 heterocycles. The van der Waals surface area contributed by atoms with E-state index in [1.165, 1.54) is 0 Å². The fourth-order valence-electron chi connectivity index (χ4n) is 2.96. The Balaban J connectivity index is 1.81. The van der Waals surface area contributed by atoms with Crippen molar-refractivity contribution < 1.29 is 4.79 Å². The molecule has 1 aliphatic heterocycles. The predicted molar refractivity (Wildman–Crippen MR) is 119 cm³/mol. The third-order valence-electron chi connectivity index (χ3n) is 4.43. The van der Waals surface area contributed by atoms with E-state index >= 15 is 0 Å². The first kappa shape index (κ1) is 18.7. The summed E-state index contributed by atoms with van der Waals surface area (Å²) in [7, 11) is 0. The number of amides is 1. The van der Waals surface area contributed by atoms with Gasteiger partial charge in [0.05, 0.1) is 5.69 Å². The number of aliphatic imine (C=N–C) groups is 1. The van der Waals surface area contributed by atoms with Crippen molar-refractivity contribution in [3.8, 4) is 0 Å². The average Bonchev–Trinajstić information content (AvgIpc) is 3.01. The lowest BCUT2D eigenvalue weighted by Crippen LogP contribution is -2.32. The van der Waals surface area contributed by atoms with Gasteiger partial charge in [0.15, 0.2) is 0 Å². The second kappa shape index (κ2) is 7.74. The van der Waals surface area contributed by atoms with Crippen LogP contribution in [-0.2, 0) is 4.79 Å². The Labute approximate surface area is 177 Å². The maximum atomic E-state index is 13.2. The van der Waals surface area contributed by atoms with E-state index in [0.717, 1.165) is 26.9 Å². The lowest BCUT2D eigenvalue weighted by atomic mass is 10.1. The standard InChI is InChI=1S/C23H16BrClN2O/c1-15-2-12-20(13-3-15)27-22(17-6-8-18(24)9-7-17)26-21(23(27)28)14-16-4-10-19(25)11-5-16/h2-14H,1H3/b21-14+. The summed E-state index contributed by atoms with van der Waals surface area (Å²) in [5.41, 5.74) is 4.06. The van der Waals surface area contributed by atoms with Gasteiger partial charge in [0.25, 0.3) is 5.91 Å². The number of aryl methyl sites for hydroxylation is 1. The third-order valence-corrected chi connectivity index (χ3v) is 5.21. The van der Waals surface area contributed by atoms with Crippen molar-refractivity contribution in [2.24, 2.45) is 4.99 Å². The van der Waals surface area contributed by atoms with Crippen LogP contribution in [-0.4, -0.2) is 11.7 Å². The van der Waals surface area contributed by atoms with Crippen LogP contribution in [0.1, 0.15) is 16.7 Å². The minimum atomic E-state index is -0.156. The molecule has 28 heavy (non-hydrogen) atoms. The first-order valence-electron chi connectivity index (χ1n) is 8.74. The summed E-state index contributed by atoms with van der Waals surface area (Å²) >= 11 is 9.41. The number of anilines is 1. The number of carbonyl (C=O) groups excluding carboxylic acids is 1. The van der Waals surface area contributed by atoms with E-state index in [1.807, 2.05) is 67.6 Å². The smallest absolute Gasteiger partial charge is 0.266 e. The molecule has 0 saturated heterocycles. The van der Waals surface area contributed by atoms with E-state index in [1.54, 1.807) is 23.1 Å². The second-order valence-electron chi connectivity index (χ2n) is 6.50. The van der Waals surface area contributed by atoms with Gasteiger partial charge in [0, 0.05) is 15.1 Å². The number of hydrogen-bond donors (Lipinski definition) is 0. The highest BCUT2D eigenvalue weighted by atomic mass is 79.9. The molecule has 3 aromatic rings. The molecular weight excluding hydrogens is 436 g/mol. The molecule has 0 unspecified atom stereocenters. The highest BCUT2D eigenvalue weighted by Gasteiger charge is 2.32. The van der Waals surface area contributed by atoms with Crippen LogP contribution in [0.5, 0.6) is 0 Å². The van der Waals surface area contributed by atoms with Crippen LogP contribution in [0.15, 0.2) is 88.0 Å². The largest absolute Gasteiger partial charge is 0.282 e. The maximum absolute atomic E-state index is 13.2. The minimum Gasteiger partial charge on any atom is -0.266 e. The van der Waals surface area contributed by atoms with Gasteiger partial charge >= 0.3 is 0 Å². The Morgan fingerprint density at radius 3 is 2.21 bits per heavy atom. The van der Waals surface area contributed by atoms with Gasteiger partial charge in [0.2, 0.25) is 0 Å². The summed E-state index contributed by atoms with van der Waals surface area (Å²) in [4.78, 5) is 19.6. The molecule has 0 saturated carbocycles. The van der Waals surface area contributed by atoms with E-state index in [9.17, 15) is 4.79 Å². The van der Waals surface area contributed by atoms with Crippen LogP contribution >= 0.6 is 27.5 Å². The molecule has 0 aromatic heterocycles. The van der Waals surface area contributed by atoms with Crippen LogP contribution in [0.25, 0.3) is 6.08 Å². The molecule has 1 amide bonds. The summed E-state index contributed by atoms with van der Waals surface area (Å²) in [5.74, 6) is 0.457. The van der Waals surface area contributed by atoms with Gasteiger partial charge in [-0.15, -0.1) is 0 Å². The summed E-state index contributed by atoms with van der Waals surface area (Å²) < 4.78 is 0.972. The topological polar surface area (TPSA) is 32.7 Å². The van der Waals surface area contributed by atoms with Crippen molar-refractivity contribution in [2.45, 2.75) is 6.92 Å². The summed E-state index contributed by atoms with van der Waals surface area (Å²) in [6.45, 7) is 2.02. The quantitative estimate of drug-likeness (QED) is 0.433. The molecule has 138 valence electrons. The van der Waals surface area contributed by atoms with Gasteiger partial charge in [-0.3, -0.25) is 9.69 Å². The molecule has 4 rings (SSSR count). The summed E-state index contributed by atoms with van der Waals surface area (Å²) in [5, 5.41) is 0.653. The number of amidine groups is 1. The van der Waals surface area contributed by atoms with Gasteiger partial charge in [-0.2, -0.15) is 0 Å². The molecule has 5 heteroatoms. The summed E-state index contributed by atoms with van der Waals surface area (Å²) in [6.07, 6.45) is 1.78. The molecule has 3 nitrogen and oxygen atoms in total. The van der Waals surface area contributed by atoms with Gasteiger partial charge < -0.3 is 0 Å². The number of benzene rings is 3. The first-order chi connectivity index (χ1) is 13.5. The summed E-state index contributed by atoms with van der Waals surface area (Å²) in [6, 6.07) is 23.0. The van der Waals surface area contributed by atoms with Crippen molar-refractivity contribution >= 4 is 51.0 Å². The Morgan fingerprint density at radius 2 is 1.57 bits per heavy atom. The molecule has 1 aliphatic rings. The fraction of sp³-hybridized carbons (Fsp3) is 0.0435. The minimum absolute atomic E-state index is 0.156. The van der Waals surface area contributed by atoms with Crippen LogP contribution in [0.4, 0.5) is 5.69 Å². The van der Waals surface area contributed by atoms with Gasteiger partial charge in [-0.1, -0.05) is 69.5 Å². The Morgan fingerprint density at radius 1 is 0.929 bits per heavy atom. The SMILES string of the molecule is Cc1ccc(N2C(=O)/C(=C\c3ccc(Cl)cc3)N=C2c2ccc(Br)cc2)cc1. The van der Waals surface area contributed by atoms with Crippen LogP contribution in [0, 0.1) is 6.92 Å². The highest BCUT2D eigenvalue weighted by Crippen LogP contribution is 2.28. The van der Waals surface area contributed by atoms with E-state index in [-0.39, 0.29) is 5.91 Å². The van der Waals surface area contributed by atoms with E-state index < -0.39 is 0 Å². The molecular formula is C23H16BrClN2O. The van der Waals surface area contributed by atoms with Gasteiger partial charge in [-0.25, -0.2) is 4.99 Å².